The zero-order chi connectivity index (χ0) is 21.2. The molecule has 0 radical (unpaired) electrons. The van der Waals surface area contributed by atoms with E-state index in [1.165, 1.54) is 29.8 Å². The molecule has 2 N–H and O–H groups in total. The van der Waals surface area contributed by atoms with Gasteiger partial charge < -0.3 is 9.73 Å². The van der Waals surface area contributed by atoms with Crippen LogP contribution in [-0.2, 0) is 28.4 Å². The van der Waals surface area contributed by atoms with Crippen molar-refractivity contribution in [2.45, 2.75) is 31.3 Å². The van der Waals surface area contributed by atoms with Crippen LogP contribution in [-0.4, -0.2) is 24.9 Å². The summed E-state index contributed by atoms with van der Waals surface area (Å²) in [5.41, 5.74) is 1.56. The van der Waals surface area contributed by atoms with Crippen molar-refractivity contribution in [3.8, 4) is 0 Å². The lowest BCUT2D eigenvalue weighted by Gasteiger charge is -2.21. The fraction of sp³-hybridized carbons (Fsp3) is 0.300. The van der Waals surface area contributed by atoms with Crippen LogP contribution in [0.5, 0.6) is 0 Å². The van der Waals surface area contributed by atoms with Gasteiger partial charge in [-0.2, -0.15) is 4.72 Å². The first-order valence-corrected chi connectivity index (χ1v) is 10.6. The molecule has 1 heterocycles. The number of carbonyl (C=O) groups is 1. The number of sulfonamides is 1. The second-order valence-electron chi connectivity index (χ2n) is 7.10. The molecule has 0 aliphatic heterocycles. The van der Waals surface area contributed by atoms with Crippen LogP contribution in [0.1, 0.15) is 19.4 Å². The van der Waals surface area contributed by atoms with Crippen LogP contribution in [0.15, 0.2) is 62.6 Å². The first kappa shape index (κ1) is 20.8. The van der Waals surface area contributed by atoms with E-state index in [-0.39, 0.29) is 16.4 Å². The second kappa shape index (κ2) is 8.22. The standard InChI is InChI=1S/C20H23N3O5S/c1-13(2)18(19(24)21-12-14-7-5-4-6-8-14)22-29(26,27)15-9-10-16-17(11-15)28-20(25)23(16)3/h4-11,13,18,22H,12H2,1-3H3,(H,21,24)/t18-/m1/s1. The van der Waals surface area contributed by atoms with Crippen molar-refractivity contribution in [1.29, 1.82) is 0 Å². The molecule has 1 amide bonds. The Bertz CT molecular complexity index is 1180. The largest absolute Gasteiger partial charge is 0.419 e. The number of rotatable bonds is 7. The van der Waals surface area contributed by atoms with Crippen LogP contribution in [0.3, 0.4) is 0 Å². The molecule has 3 rings (SSSR count). The molecule has 0 saturated heterocycles. The van der Waals surface area contributed by atoms with E-state index < -0.39 is 27.7 Å². The lowest BCUT2D eigenvalue weighted by molar-refractivity contribution is -0.123. The summed E-state index contributed by atoms with van der Waals surface area (Å²) in [5, 5.41) is 2.77. The van der Waals surface area contributed by atoms with Crippen LogP contribution in [0, 0.1) is 5.92 Å². The van der Waals surface area contributed by atoms with Gasteiger partial charge in [-0.25, -0.2) is 13.2 Å². The van der Waals surface area contributed by atoms with Gasteiger partial charge in [-0.3, -0.25) is 9.36 Å². The number of carbonyl (C=O) groups excluding carboxylic acids is 1. The van der Waals surface area contributed by atoms with Crippen LogP contribution in [0.25, 0.3) is 11.1 Å². The molecule has 1 aromatic heterocycles. The lowest BCUT2D eigenvalue weighted by Crippen LogP contribution is -2.49. The third-order valence-electron chi connectivity index (χ3n) is 4.61. The number of hydrogen-bond donors (Lipinski definition) is 2. The van der Waals surface area contributed by atoms with E-state index in [0.717, 1.165) is 5.56 Å². The third-order valence-corrected chi connectivity index (χ3v) is 6.05. The van der Waals surface area contributed by atoms with Crippen molar-refractivity contribution < 1.29 is 17.6 Å². The van der Waals surface area contributed by atoms with Crippen molar-refractivity contribution in [3.63, 3.8) is 0 Å². The Hall–Kier alpha value is -2.91. The smallest absolute Gasteiger partial charge is 0.408 e. The maximum absolute atomic E-state index is 12.8. The summed E-state index contributed by atoms with van der Waals surface area (Å²) in [6.07, 6.45) is 0. The minimum absolute atomic E-state index is 0.0825. The van der Waals surface area contributed by atoms with Crippen molar-refractivity contribution in [2.75, 3.05) is 0 Å². The van der Waals surface area contributed by atoms with Crippen LogP contribution < -0.4 is 15.8 Å². The lowest BCUT2D eigenvalue weighted by atomic mass is 10.0. The van der Waals surface area contributed by atoms with Gasteiger partial charge in [-0.05, 0) is 23.6 Å². The van der Waals surface area contributed by atoms with Gasteiger partial charge in [-0.15, -0.1) is 0 Å². The number of oxazole rings is 1. The summed E-state index contributed by atoms with van der Waals surface area (Å²) < 4.78 is 34.5. The van der Waals surface area contributed by atoms with E-state index in [4.69, 9.17) is 4.42 Å². The maximum atomic E-state index is 12.8. The van der Waals surface area contributed by atoms with Crippen molar-refractivity contribution in [1.82, 2.24) is 14.6 Å². The number of aromatic nitrogens is 1. The number of nitrogens with zero attached hydrogens (tertiary/aromatic N) is 1. The highest BCUT2D eigenvalue weighted by molar-refractivity contribution is 7.89. The van der Waals surface area contributed by atoms with Gasteiger partial charge in [0.25, 0.3) is 0 Å². The number of hydrogen-bond acceptors (Lipinski definition) is 5. The Labute approximate surface area is 168 Å². The summed E-state index contributed by atoms with van der Waals surface area (Å²) in [7, 11) is -2.48. The van der Waals surface area contributed by atoms with Crippen LogP contribution >= 0.6 is 0 Å². The summed E-state index contributed by atoms with van der Waals surface area (Å²) in [6.45, 7) is 3.81. The summed E-state index contributed by atoms with van der Waals surface area (Å²) in [4.78, 5) is 24.2. The van der Waals surface area contributed by atoms with Gasteiger partial charge >= 0.3 is 5.76 Å². The van der Waals surface area contributed by atoms with Gasteiger partial charge in [0.2, 0.25) is 15.9 Å². The average molecular weight is 417 g/mol. The van der Waals surface area contributed by atoms with Crippen molar-refractivity contribution in [3.05, 3.63) is 64.6 Å². The van der Waals surface area contributed by atoms with E-state index in [0.29, 0.717) is 12.1 Å². The molecule has 2 aromatic carbocycles. The quantitative estimate of drug-likeness (QED) is 0.609. The molecule has 154 valence electrons. The number of aryl methyl sites for hydroxylation is 1. The molecular formula is C20H23N3O5S. The van der Waals surface area contributed by atoms with E-state index >= 15 is 0 Å². The minimum Gasteiger partial charge on any atom is -0.408 e. The molecule has 29 heavy (non-hydrogen) atoms. The zero-order valence-electron chi connectivity index (χ0n) is 16.4. The molecule has 0 saturated carbocycles. The summed E-state index contributed by atoms with van der Waals surface area (Å²) >= 11 is 0. The summed E-state index contributed by atoms with van der Waals surface area (Å²) in [6, 6.07) is 12.5. The molecule has 8 nitrogen and oxygen atoms in total. The molecule has 0 unspecified atom stereocenters. The monoisotopic (exact) mass is 417 g/mol. The summed E-state index contributed by atoms with van der Waals surface area (Å²) in [5.74, 6) is -1.28. The predicted octanol–water partition coefficient (Wildman–Crippen LogP) is 1.75. The first-order valence-electron chi connectivity index (χ1n) is 9.12. The van der Waals surface area contributed by atoms with Gasteiger partial charge in [0.05, 0.1) is 10.4 Å². The number of nitrogens with one attached hydrogen (secondary N) is 2. The fourth-order valence-corrected chi connectivity index (χ4v) is 4.26. The fourth-order valence-electron chi connectivity index (χ4n) is 2.90. The number of amides is 1. The highest BCUT2D eigenvalue weighted by Gasteiger charge is 2.28. The Morgan fingerprint density at radius 1 is 1.14 bits per heavy atom. The number of benzene rings is 2. The van der Waals surface area contributed by atoms with Crippen molar-refractivity contribution >= 4 is 27.0 Å². The predicted molar refractivity (Wildman–Crippen MR) is 109 cm³/mol. The van der Waals surface area contributed by atoms with Gasteiger partial charge in [0.15, 0.2) is 5.58 Å². The zero-order valence-corrected chi connectivity index (χ0v) is 17.2. The van der Waals surface area contributed by atoms with E-state index in [1.54, 1.807) is 13.8 Å². The van der Waals surface area contributed by atoms with Gasteiger partial charge in [-0.1, -0.05) is 44.2 Å². The third kappa shape index (κ3) is 4.57. The topological polar surface area (TPSA) is 110 Å². The van der Waals surface area contributed by atoms with E-state index in [2.05, 4.69) is 10.0 Å². The van der Waals surface area contributed by atoms with E-state index in [1.807, 2.05) is 30.3 Å². The van der Waals surface area contributed by atoms with Gasteiger partial charge in [0.1, 0.15) is 6.04 Å². The van der Waals surface area contributed by atoms with Crippen LogP contribution in [0.4, 0.5) is 0 Å². The molecule has 3 aromatic rings. The Morgan fingerprint density at radius 3 is 2.48 bits per heavy atom. The molecular weight excluding hydrogens is 394 g/mol. The highest BCUT2D eigenvalue weighted by atomic mass is 32.2. The molecule has 0 aliphatic rings. The van der Waals surface area contributed by atoms with Gasteiger partial charge in [0, 0.05) is 19.7 Å². The molecule has 1 atom stereocenters. The molecule has 0 aliphatic carbocycles. The van der Waals surface area contributed by atoms with Crippen LogP contribution in [0.2, 0.25) is 0 Å². The highest BCUT2D eigenvalue weighted by Crippen LogP contribution is 2.19. The molecule has 0 spiro atoms. The molecule has 9 heteroatoms. The SMILES string of the molecule is CC(C)[C@@H](NS(=O)(=O)c1ccc2c(c1)oc(=O)n2C)C(=O)NCc1ccccc1. The first-order chi connectivity index (χ1) is 13.7. The maximum Gasteiger partial charge on any atom is 0.419 e. The van der Waals surface area contributed by atoms with Crippen molar-refractivity contribution in [2.24, 2.45) is 13.0 Å². The second-order valence-corrected chi connectivity index (χ2v) is 8.82. The average Bonchev–Trinajstić information content (AvgIpc) is 2.98. The Balaban J connectivity index is 1.80. The molecule has 0 bridgehead atoms. The van der Waals surface area contributed by atoms with E-state index in [9.17, 15) is 18.0 Å². The Kier molecular flexibility index (Phi) is 5.90. The Morgan fingerprint density at radius 2 is 1.83 bits per heavy atom. The minimum atomic E-state index is -4.01. The number of fused-ring (bicyclic) bond motifs is 1. The molecule has 0 fully saturated rings. The normalized spacial score (nSPS) is 13.0.